The van der Waals surface area contributed by atoms with Crippen LogP contribution in [0.3, 0.4) is 0 Å². The minimum Gasteiger partial charge on any atom is -0.478 e. The van der Waals surface area contributed by atoms with E-state index >= 15 is 0 Å². The Hall–Kier alpha value is -1.58. The van der Waals surface area contributed by atoms with Gasteiger partial charge >= 0.3 is 0 Å². The summed E-state index contributed by atoms with van der Waals surface area (Å²) in [5.74, 6) is -0.357. The predicted octanol–water partition coefficient (Wildman–Crippen LogP) is 2.61. The molecule has 1 amide bonds. The molecule has 98 valence electrons. The molecule has 2 rings (SSSR count). The molecule has 4 heteroatoms. The Kier molecular flexibility index (Phi) is 4.18. The lowest BCUT2D eigenvalue weighted by Gasteiger charge is -2.29. The molecule has 1 saturated heterocycles. The molecule has 0 bridgehead atoms. The summed E-state index contributed by atoms with van der Waals surface area (Å²) >= 11 is 0. The van der Waals surface area contributed by atoms with E-state index in [4.69, 9.17) is 4.74 Å². The Balaban J connectivity index is 1.96. The second kappa shape index (κ2) is 5.85. The maximum absolute atomic E-state index is 13.4. The van der Waals surface area contributed by atoms with E-state index in [0.717, 1.165) is 25.9 Å². The number of benzene rings is 1. The van der Waals surface area contributed by atoms with Gasteiger partial charge < -0.3 is 9.64 Å². The van der Waals surface area contributed by atoms with Gasteiger partial charge in [-0.2, -0.15) is 0 Å². The number of hydrogen-bond donors (Lipinski definition) is 0. The number of para-hydroxylation sites is 1. The van der Waals surface area contributed by atoms with Crippen molar-refractivity contribution in [2.45, 2.75) is 32.3 Å². The molecule has 1 aliphatic rings. The van der Waals surface area contributed by atoms with Crippen LogP contribution in [0.5, 0.6) is 5.75 Å². The smallest absolute Gasteiger partial charge is 0.263 e. The van der Waals surface area contributed by atoms with E-state index in [1.807, 2.05) is 0 Å². The number of likely N-dealkylation sites (tertiary alicyclic amines) is 1. The molecule has 1 atom stereocenters. The van der Waals surface area contributed by atoms with Crippen LogP contribution < -0.4 is 4.74 Å². The summed E-state index contributed by atoms with van der Waals surface area (Å²) in [5, 5.41) is 0. The molecule has 1 heterocycles. The number of amides is 1. The molecule has 0 spiro atoms. The molecule has 1 aliphatic heterocycles. The Morgan fingerprint density at radius 3 is 2.61 bits per heavy atom. The van der Waals surface area contributed by atoms with Crippen molar-refractivity contribution in [3.63, 3.8) is 0 Å². The molecule has 1 unspecified atom stereocenters. The minimum atomic E-state index is -0.639. The van der Waals surface area contributed by atoms with Gasteiger partial charge in [-0.3, -0.25) is 4.79 Å². The molecule has 0 aromatic heterocycles. The summed E-state index contributed by atoms with van der Waals surface area (Å²) in [6, 6.07) is 6.15. The predicted molar refractivity (Wildman–Crippen MR) is 66.9 cm³/mol. The van der Waals surface area contributed by atoms with E-state index in [1.54, 1.807) is 24.0 Å². The van der Waals surface area contributed by atoms with Crippen molar-refractivity contribution in [2.75, 3.05) is 13.1 Å². The summed E-state index contributed by atoms with van der Waals surface area (Å²) in [5.41, 5.74) is 0. The fraction of sp³-hybridized carbons (Fsp3) is 0.500. The first kappa shape index (κ1) is 12.9. The number of carbonyl (C=O) groups is 1. The van der Waals surface area contributed by atoms with Crippen LogP contribution in [0.15, 0.2) is 24.3 Å². The van der Waals surface area contributed by atoms with E-state index < -0.39 is 11.9 Å². The lowest BCUT2D eigenvalue weighted by Crippen LogP contribution is -2.43. The fourth-order valence-electron chi connectivity index (χ4n) is 2.15. The van der Waals surface area contributed by atoms with Crippen molar-refractivity contribution >= 4 is 5.91 Å². The van der Waals surface area contributed by atoms with Crippen LogP contribution in [-0.4, -0.2) is 30.0 Å². The Morgan fingerprint density at radius 2 is 1.94 bits per heavy atom. The van der Waals surface area contributed by atoms with Crippen LogP contribution >= 0.6 is 0 Å². The number of hydrogen-bond acceptors (Lipinski definition) is 2. The zero-order valence-corrected chi connectivity index (χ0v) is 10.6. The van der Waals surface area contributed by atoms with Gasteiger partial charge in [0.15, 0.2) is 17.7 Å². The maximum Gasteiger partial charge on any atom is 0.263 e. The first-order valence-electron chi connectivity index (χ1n) is 6.38. The Morgan fingerprint density at radius 1 is 1.28 bits per heavy atom. The molecule has 1 aromatic carbocycles. The van der Waals surface area contributed by atoms with Crippen LogP contribution in [0.4, 0.5) is 4.39 Å². The van der Waals surface area contributed by atoms with Gasteiger partial charge in [0.2, 0.25) is 0 Å². The fourth-order valence-corrected chi connectivity index (χ4v) is 2.15. The molecular weight excluding hydrogens is 233 g/mol. The third-order valence-corrected chi connectivity index (χ3v) is 3.16. The highest BCUT2D eigenvalue weighted by Gasteiger charge is 2.23. The van der Waals surface area contributed by atoms with Crippen molar-refractivity contribution in [1.29, 1.82) is 0 Å². The van der Waals surface area contributed by atoms with E-state index in [1.165, 1.54) is 18.6 Å². The summed E-state index contributed by atoms with van der Waals surface area (Å²) < 4.78 is 18.8. The van der Waals surface area contributed by atoms with Gasteiger partial charge in [0.25, 0.3) is 5.91 Å². The van der Waals surface area contributed by atoms with Crippen LogP contribution in [-0.2, 0) is 4.79 Å². The number of ether oxygens (including phenoxy) is 1. The van der Waals surface area contributed by atoms with Crippen molar-refractivity contribution in [3.8, 4) is 5.75 Å². The topological polar surface area (TPSA) is 29.5 Å². The van der Waals surface area contributed by atoms with Gasteiger partial charge in [-0.25, -0.2) is 4.39 Å². The average Bonchev–Trinajstić information content (AvgIpc) is 2.41. The monoisotopic (exact) mass is 251 g/mol. The molecule has 1 fully saturated rings. The van der Waals surface area contributed by atoms with Crippen molar-refractivity contribution in [3.05, 3.63) is 30.1 Å². The molecule has 1 aromatic rings. The largest absolute Gasteiger partial charge is 0.478 e. The molecular formula is C14H18FNO2. The lowest BCUT2D eigenvalue weighted by atomic mass is 10.1. The highest BCUT2D eigenvalue weighted by Crippen LogP contribution is 2.18. The molecule has 0 N–H and O–H groups in total. The summed E-state index contributed by atoms with van der Waals surface area (Å²) in [7, 11) is 0. The van der Waals surface area contributed by atoms with E-state index in [0.29, 0.717) is 0 Å². The summed E-state index contributed by atoms with van der Waals surface area (Å²) in [6.07, 6.45) is 2.61. The first-order chi connectivity index (χ1) is 8.68. The zero-order chi connectivity index (χ0) is 13.0. The van der Waals surface area contributed by atoms with Crippen LogP contribution in [0.25, 0.3) is 0 Å². The molecule has 0 radical (unpaired) electrons. The highest BCUT2D eigenvalue weighted by molar-refractivity contribution is 5.81. The summed E-state index contributed by atoms with van der Waals surface area (Å²) in [4.78, 5) is 13.9. The molecule has 3 nitrogen and oxygen atoms in total. The summed E-state index contributed by atoms with van der Waals surface area (Å²) in [6.45, 7) is 3.23. The van der Waals surface area contributed by atoms with E-state index in [-0.39, 0.29) is 11.7 Å². The molecule has 0 aliphatic carbocycles. The van der Waals surface area contributed by atoms with Crippen molar-refractivity contribution in [2.24, 2.45) is 0 Å². The van der Waals surface area contributed by atoms with Gasteiger partial charge in [-0.15, -0.1) is 0 Å². The van der Waals surface area contributed by atoms with E-state index in [2.05, 4.69) is 0 Å². The first-order valence-corrected chi connectivity index (χ1v) is 6.38. The van der Waals surface area contributed by atoms with Crippen LogP contribution in [0, 0.1) is 5.82 Å². The van der Waals surface area contributed by atoms with E-state index in [9.17, 15) is 9.18 Å². The minimum absolute atomic E-state index is 0.0575. The van der Waals surface area contributed by atoms with Gasteiger partial charge in [0, 0.05) is 13.1 Å². The van der Waals surface area contributed by atoms with Gasteiger partial charge in [-0.05, 0) is 38.3 Å². The van der Waals surface area contributed by atoms with Gasteiger partial charge in [0.1, 0.15) is 0 Å². The lowest BCUT2D eigenvalue weighted by molar-refractivity contribution is -0.138. The second-order valence-electron chi connectivity index (χ2n) is 4.58. The number of rotatable bonds is 3. The quantitative estimate of drug-likeness (QED) is 0.826. The maximum atomic E-state index is 13.4. The van der Waals surface area contributed by atoms with Crippen molar-refractivity contribution in [1.82, 2.24) is 4.90 Å². The van der Waals surface area contributed by atoms with Crippen LogP contribution in [0.2, 0.25) is 0 Å². The number of halogens is 1. The number of piperidine rings is 1. The number of nitrogens with zero attached hydrogens (tertiary/aromatic N) is 1. The SMILES string of the molecule is CC(Oc1ccccc1F)C(=O)N1CCCCC1. The third kappa shape index (κ3) is 3.00. The zero-order valence-electron chi connectivity index (χ0n) is 10.6. The van der Waals surface area contributed by atoms with Crippen LogP contribution in [0.1, 0.15) is 26.2 Å². The van der Waals surface area contributed by atoms with Gasteiger partial charge in [0.05, 0.1) is 0 Å². The van der Waals surface area contributed by atoms with Gasteiger partial charge in [-0.1, -0.05) is 12.1 Å². The third-order valence-electron chi connectivity index (χ3n) is 3.16. The number of carbonyl (C=O) groups excluding carboxylic acids is 1. The Labute approximate surface area is 107 Å². The molecule has 18 heavy (non-hydrogen) atoms. The highest BCUT2D eigenvalue weighted by atomic mass is 19.1. The average molecular weight is 251 g/mol. The second-order valence-corrected chi connectivity index (χ2v) is 4.58. The molecule has 0 saturated carbocycles. The standard InChI is InChI=1S/C14H18FNO2/c1-11(14(17)16-9-5-2-6-10-16)18-13-8-4-3-7-12(13)15/h3-4,7-8,11H,2,5-6,9-10H2,1H3. The Bertz CT molecular complexity index is 416. The van der Waals surface area contributed by atoms with Crippen molar-refractivity contribution < 1.29 is 13.9 Å². The normalized spacial score (nSPS) is 17.3.